The molecule has 0 amide bonds. The first-order valence-electron chi connectivity index (χ1n) is 3.84. The van der Waals surface area contributed by atoms with Gasteiger partial charge in [0.05, 0.1) is 6.04 Å². The van der Waals surface area contributed by atoms with Crippen LogP contribution >= 0.6 is 0 Å². The van der Waals surface area contributed by atoms with E-state index < -0.39 is 12.0 Å². The maximum absolute atomic E-state index is 10.4. The van der Waals surface area contributed by atoms with Gasteiger partial charge in [-0.15, -0.1) is 0 Å². The zero-order valence-corrected chi connectivity index (χ0v) is 6.93. The number of furan rings is 1. The number of carboxylic acids is 1. The molecular formula is C8H11NO4. The maximum atomic E-state index is 10.4. The lowest BCUT2D eigenvalue weighted by Crippen LogP contribution is -2.10. The topological polar surface area (TPSA) is 96.7 Å². The number of hydrogen-bond acceptors (Lipinski definition) is 4. The number of carboxylic acid groups (broad SMARTS) is 1. The average Bonchev–Trinajstić information content (AvgIpc) is 2.52. The molecule has 1 aromatic rings. The minimum atomic E-state index is -1.12. The lowest BCUT2D eigenvalue weighted by atomic mass is 10.2. The minimum absolute atomic E-state index is 0.0513. The van der Waals surface area contributed by atoms with Crippen molar-refractivity contribution in [2.75, 3.05) is 6.61 Å². The van der Waals surface area contributed by atoms with E-state index in [0.717, 1.165) is 0 Å². The first-order chi connectivity index (χ1) is 6.15. The van der Waals surface area contributed by atoms with Crippen molar-refractivity contribution in [2.24, 2.45) is 5.73 Å². The third kappa shape index (κ3) is 2.30. The quantitative estimate of drug-likeness (QED) is 0.629. The Balaban J connectivity index is 2.73. The summed E-state index contributed by atoms with van der Waals surface area (Å²) in [4.78, 5) is 10.4. The number of aromatic carboxylic acids is 1. The molecule has 1 heterocycles. The predicted octanol–water partition coefficient (Wildman–Crippen LogP) is 0.360. The van der Waals surface area contributed by atoms with Crippen molar-refractivity contribution in [1.82, 2.24) is 0 Å². The molecule has 0 spiro atoms. The van der Waals surface area contributed by atoms with Gasteiger partial charge in [0.1, 0.15) is 5.76 Å². The molecule has 0 saturated carbocycles. The summed E-state index contributed by atoms with van der Waals surface area (Å²) >= 11 is 0. The van der Waals surface area contributed by atoms with Crippen LogP contribution in [0.4, 0.5) is 0 Å². The third-order valence-corrected chi connectivity index (χ3v) is 1.64. The Labute approximate surface area is 74.8 Å². The van der Waals surface area contributed by atoms with Gasteiger partial charge in [-0.25, -0.2) is 4.79 Å². The number of nitrogens with two attached hydrogens (primary N) is 1. The average molecular weight is 185 g/mol. The highest BCUT2D eigenvalue weighted by Crippen LogP contribution is 2.16. The van der Waals surface area contributed by atoms with Crippen molar-refractivity contribution in [1.29, 1.82) is 0 Å². The van der Waals surface area contributed by atoms with Gasteiger partial charge in [-0.05, 0) is 18.6 Å². The van der Waals surface area contributed by atoms with Gasteiger partial charge >= 0.3 is 5.97 Å². The van der Waals surface area contributed by atoms with Crippen LogP contribution in [0.1, 0.15) is 28.8 Å². The number of aliphatic hydroxyl groups excluding tert-OH is 1. The van der Waals surface area contributed by atoms with Gasteiger partial charge < -0.3 is 20.4 Å². The van der Waals surface area contributed by atoms with Crippen molar-refractivity contribution in [3.63, 3.8) is 0 Å². The van der Waals surface area contributed by atoms with E-state index in [2.05, 4.69) is 0 Å². The summed E-state index contributed by atoms with van der Waals surface area (Å²) in [5.74, 6) is -0.878. The summed E-state index contributed by atoms with van der Waals surface area (Å²) < 4.78 is 4.92. The molecule has 0 aliphatic heterocycles. The maximum Gasteiger partial charge on any atom is 0.371 e. The molecule has 1 atom stereocenters. The molecule has 0 aliphatic carbocycles. The lowest BCUT2D eigenvalue weighted by Gasteiger charge is -2.04. The predicted molar refractivity (Wildman–Crippen MR) is 44.3 cm³/mol. The molecule has 0 unspecified atom stereocenters. The molecule has 5 nitrogen and oxygen atoms in total. The Bertz CT molecular complexity index is 294. The van der Waals surface area contributed by atoms with E-state index in [0.29, 0.717) is 12.2 Å². The van der Waals surface area contributed by atoms with Crippen LogP contribution in [0.3, 0.4) is 0 Å². The second kappa shape index (κ2) is 4.06. The van der Waals surface area contributed by atoms with Crippen molar-refractivity contribution in [3.8, 4) is 0 Å². The summed E-state index contributed by atoms with van der Waals surface area (Å²) in [6, 6.07) is 2.40. The molecule has 4 N–H and O–H groups in total. The molecule has 1 rings (SSSR count). The van der Waals surface area contributed by atoms with Crippen molar-refractivity contribution < 1.29 is 19.4 Å². The van der Waals surface area contributed by atoms with Gasteiger partial charge in [0.2, 0.25) is 5.76 Å². The molecule has 13 heavy (non-hydrogen) atoms. The molecule has 72 valence electrons. The summed E-state index contributed by atoms with van der Waals surface area (Å²) in [6.45, 7) is -0.0513. The van der Waals surface area contributed by atoms with Crippen LogP contribution in [0.5, 0.6) is 0 Å². The summed E-state index contributed by atoms with van der Waals surface area (Å²) in [5, 5.41) is 17.1. The SMILES string of the molecule is N[C@H](CCO)c1ccc(C(=O)O)o1. The molecule has 5 heteroatoms. The molecular weight excluding hydrogens is 174 g/mol. The van der Waals surface area contributed by atoms with Crippen LogP contribution in [0.2, 0.25) is 0 Å². The largest absolute Gasteiger partial charge is 0.475 e. The van der Waals surface area contributed by atoms with E-state index in [1.54, 1.807) is 0 Å². The Morgan fingerprint density at radius 3 is 2.77 bits per heavy atom. The minimum Gasteiger partial charge on any atom is -0.475 e. The van der Waals surface area contributed by atoms with Gasteiger partial charge in [0.15, 0.2) is 0 Å². The number of carbonyl (C=O) groups is 1. The number of hydrogen-bond donors (Lipinski definition) is 3. The van der Waals surface area contributed by atoms with Gasteiger partial charge in [-0.2, -0.15) is 0 Å². The molecule has 0 radical (unpaired) electrons. The zero-order valence-electron chi connectivity index (χ0n) is 6.93. The monoisotopic (exact) mass is 185 g/mol. The third-order valence-electron chi connectivity index (χ3n) is 1.64. The Morgan fingerprint density at radius 2 is 2.31 bits per heavy atom. The van der Waals surface area contributed by atoms with E-state index in [1.807, 2.05) is 0 Å². The number of aliphatic hydroxyl groups is 1. The highest BCUT2D eigenvalue weighted by atomic mass is 16.4. The second-order valence-corrected chi connectivity index (χ2v) is 2.63. The van der Waals surface area contributed by atoms with Gasteiger partial charge in [-0.3, -0.25) is 0 Å². The first-order valence-corrected chi connectivity index (χ1v) is 3.84. The smallest absolute Gasteiger partial charge is 0.371 e. The Morgan fingerprint density at radius 1 is 1.62 bits per heavy atom. The van der Waals surface area contributed by atoms with Crippen LogP contribution in [-0.4, -0.2) is 22.8 Å². The summed E-state index contributed by atoms with van der Waals surface area (Å²) in [6.07, 6.45) is 0.354. The van der Waals surface area contributed by atoms with Gasteiger partial charge in [-0.1, -0.05) is 0 Å². The van der Waals surface area contributed by atoms with Crippen LogP contribution in [-0.2, 0) is 0 Å². The standard InChI is InChI=1S/C8H11NO4/c9-5(3-4-10)6-1-2-7(13-6)8(11)12/h1-2,5,10H,3-4,9H2,(H,11,12)/t5-/m1/s1. The molecule has 0 saturated heterocycles. The van der Waals surface area contributed by atoms with E-state index in [-0.39, 0.29) is 12.4 Å². The fraction of sp³-hybridized carbons (Fsp3) is 0.375. The van der Waals surface area contributed by atoms with E-state index in [9.17, 15) is 4.79 Å². The first kappa shape index (κ1) is 9.76. The summed E-state index contributed by atoms with van der Waals surface area (Å²) in [5.41, 5.74) is 5.57. The zero-order chi connectivity index (χ0) is 9.84. The lowest BCUT2D eigenvalue weighted by molar-refractivity contribution is 0.0659. The van der Waals surface area contributed by atoms with Crippen molar-refractivity contribution in [3.05, 3.63) is 23.7 Å². The van der Waals surface area contributed by atoms with E-state index in [1.165, 1.54) is 12.1 Å². The fourth-order valence-electron chi connectivity index (χ4n) is 0.948. The van der Waals surface area contributed by atoms with Crippen molar-refractivity contribution in [2.45, 2.75) is 12.5 Å². The molecule has 0 bridgehead atoms. The molecule has 1 aromatic heterocycles. The molecule has 0 fully saturated rings. The van der Waals surface area contributed by atoms with Gasteiger partial charge in [0.25, 0.3) is 0 Å². The van der Waals surface area contributed by atoms with Crippen LogP contribution in [0, 0.1) is 0 Å². The summed E-state index contributed by atoms with van der Waals surface area (Å²) in [7, 11) is 0. The number of rotatable bonds is 4. The second-order valence-electron chi connectivity index (χ2n) is 2.63. The normalized spacial score (nSPS) is 12.8. The van der Waals surface area contributed by atoms with Crippen LogP contribution in [0.15, 0.2) is 16.5 Å². The molecule has 0 aromatic carbocycles. The van der Waals surface area contributed by atoms with Crippen molar-refractivity contribution >= 4 is 5.97 Å². The van der Waals surface area contributed by atoms with Crippen LogP contribution in [0.25, 0.3) is 0 Å². The highest BCUT2D eigenvalue weighted by molar-refractivity contribution is 5.84. The van der Waals surface area contributed by atoms with Gasteiger partial charge in [0, 0.05) is 6.61 Å². The fourth-order valence-corrected chi connectivity index (χ4v) is 0.948. The Kier molecular flexibility index (Phi) is 3.05. The molecule has 0 aliphatic rings. The van der Waals surface area contributed by atoms with E-state index in [4.69, 9.17) is 20.4 Å². The van der Waals surface area contributed by atoms with E-state index >= 15 is 0 Å². The Hall–Kier alpha value is -1.33. The van der Waals surface area contributed by atoms with Crippen LogP contribution < -0.4 is 5.73 Å². The highest BCUT2D eigenvalue weighted by Gasteiger charge is 2.13.